The van der Waals surface area contributed by atoms with Gasteiger partial charge in [0.25, 0.3) is 0 Å². The van der Waals surface area contributed by atoms with Gasteiger partial charge in [-0.05, 0) is 153 Å². The maximum absolute atomic E-state index is 10.9. The summed E-state index contributed by atoms with van der Waals surface area (Å²) in [4.78, 5) is 72.8. The predicted octanol–water partition coefficient (Wildman–Crippen LogP) is 3.35. The molecule has 10 heterocycles. The molecule has 10 rings (SSSR count). The summed E-state index contributed by atoms with van der Waals surface area (Å²) in [6.07, 6.45) is 13.5. The van der Waals surface area contributed by atoms with Crippen molar-refractivity contribution in [3.63, 3.8) is 0 Å². The summed E-state index contributed by atoms with van der Waals surface area (Å²) < 4.78 is 34.5. The highest BCUT2D eigenvalue weighted by molar-refractivity contribution is 5.88. The monoisotopic (exact) mass is 1650 g/mol. The second-order valence-corrected chi connectivity index (χ2v) is 30.5. The number of urea groups is 1. The second-order valence-electron chi connectivity index (χ2n) is 30.5. The van der Waals surface area contributed by atoms with Crippen LogP contribution in [0.4, 0.5) is 4.79 Å². The van der Waals surface area contributed by atoms with Crippen LogP contribution in [0.15, 0.2) is 12.7 Å². The first-order chi connectivity index (χ1) is 55.4. The van der Waals surface area contributed by atoms with E-state index in [4.69, 9.17) is 23.7 Å². The Hall–Kier alpha value is -3.34. The third kappa shape index (κ3) is 76.5. The van der Waals surface area contributed by atoms with Gasteiger partial charge in [-0.15, -0.1) is 0 Å². The van der Waals surface area contributed by atoms with Gasteiger partial charge in [0, 0.05) is 259 Å². The van der Waals surface area contributed by atoms with E-state index in [0.29, 0.717) is 25.7 Å². The van der Waals surface area contributed by atoms with Crippen molar-refractivity contribution < 1.29 is 52.3 Å². The van der Waals surface area contributed by atoms with Gasteiger partial charge >= 0.3 is 6.03 Å². The molecule has 0 aromatic heterocycles. The molecule has 0 aliphatic carbocycles. The molecule has 0 radical (unpaired) electrons. The van der Waals surface area contributed by atoms with Gasteiger partial charge in [-0.1, -0.05) is 54.5 Å². The first-order valence-electron chi connectivity index (χ1n) is 43.7. The average Bonchev–Trinajstić information content (AvgIpc) is 1.90. The number of allylic oxidation sites excluding steroid dienone is 1. The maximum atomic E-state index is 10.9. The first kappa shape index (κ1) is 116. The lowest BCUT2D eigenvalue weighted by Crippen LogP contribution is -2.54. The minimum absolute atomic E-state index is 0.0227. The molecule has 0 unspecified atom stereocenters. The van der Waals surface area contributed by atoms with Crippen LogP contribution < -0.4 is 32.1 Å². The number of hydrazine groups is 2. The number of hydrogen-bond donors (Lipinski definition) is 6. The molecule has 0 atom stereocenters. The van der Waals surface area contributed by atoms with E-state index in [2.05, 4.69) is 175 Å². The number of nitrogens with one attached hydrogen (secondary N) is 6. The second kappa shape index (κ2) is 84.3. The molecule has 0 spiro atoms. The number of piperazine rings is 5. The third-order valence-electron chi connectivity index (χ3n) is 20.0. The Bertz CT molecular complexity index is 1980. The number of likely N-dealkylation sites (tertiary alicyclic amines) is 3. The van der Waals surface area contributed by atoms with Gasteiger partial charge in [0.1, 0.15) is 0 Å². The zero-order valence-electron chi connectivity index (χ0n) is 78.0. The van der Waals surface area contributed by atoms with E-state index < -0.39 is 0 Å². The summed E-state index contributed by atoms with van der Waals surface area (Å²) in [5.74, 6) is 0.226. The van der Waals surface area contributed by atoms with Crippen LogP contribution in [0.5, 0.6) is 0 Å². The lowest BCUT2D eigenvalue weighted by Gasteiger charge is -2.33. The lowest BCUT2D eigenvalue weighted by molar-refractivity contribution is -0.124. The zero-order chi connectivity index (χ0) is 86.3. The number of likely N-dealkylation sites (N-methyl/N-ethyl adjacent to an activating group) is 6. The van der Waals surface area contributed by atoms with E-state index >= 15 is 0 Å². The Balaban J connectivity index is -0.00000119. The lowest BCUT2D eigenvalue weighted by atomic mass is 10.1. The van der Waals surface area contributed by atoms with Gasteiger partial charge in [-0.2, -0.15) is 0 Å². The molecule has 32 nitrogen and oxygen atoms in total. The first-order valence-corrected chi connectivity index (χ1v) is 43.7. The molecule has 0 aromatic rings. The predicted molar refractivity (Wildman–Crippen MR) is 476 cm³/mol. The number of methoxy groups -OCH3 is 5. The van der Waals surface area contributed by atoms with Gasteiger partial charge in [0.2, 0.25) is 11.8 Å². The molecule has 10 saturated heterocycles. The summed E-state index contributed by atoms with van der Waals surface area (Å²) in [7, 11) is 24.6. The maximum Gasteiger partial charge on any atom is 0.329 e. The number of nitrogens with zero attached hydrogens (tertiary/aromatic N) is 15. The molecule has 4 amide bonds. The normalized spacial score (nSPS) is 20.2. The number of amides is 4. The third-order valence-corrected chi connectivity index (χ3v) is 20.0. The highest BCUT2D eigenvalue weighted by atomic mass is 16.5. The summed E-state index contributed by atoms with van der Waals surface area (Å²) >= 11 is 0. The number of hydrogen-bond acceptors (Lipinski definition) is 28. The Morgan fingerprint density at radius 2 is 0.783 bits per heavy atom. The Kier molecular flexibility index (Phi) is 84.9. The number of ketones is 1. The molecule has 0 bridgehead atoms. The number of ether oxygens (including phenoxy) is 7. The number of piperidine rings is 2. The minimum atomic E-state index is -0.139. The topological polar surface area (TPSA) is 254 Å². The number of morpholine rings is 2. The number of rotatable bonds is 23. The van der Waals surface area contributed by atoms with E-state index in [1.807, 2.05) is 38.1 Å². The van der Waals surface area contributed by atoms with Crippen molar-refractivity contribution in [2.45, 2.75) is 126 Å². The van der Waals surface area contributed by atoms with Gasteiger partial charge in [0.05, 0.1) is 59.8 Å². The molecule has 10 fully saturated rings. The van der Waals surface area contributed by atoms with E-state index in [0.717, 1.165) is 158 Å². The van der Waals surface area contributed by atoms with Crippen molar-refractivity contribution in [2.75, 3.05) is 387 Å². The number of carbonyl (C=O) groups is 4. The van der Waals surface area contributed by atoms with Crippen LogP contribution in [0, 0.1) is 0 Å². The molecule has 32 heteroatoms. The van der Waals surface area contributed by atoms with Gasteiger partial charge in [-0.3, -0.25) is 49.7 Å². The van der Waals surface area contributed by atoms with E-state index in [9.17, 15) is 19.2 Å². The molecular formula is C83H183N21O11. The average molecular weight is 1650 g/mol. The molecule has 0 aromatic carbocycles. The van der Waals surface area contributed by atoms with Crippen LogP contribution in [-0.4, -0.2) is 491 Å². The van der Waals surface area contributed by atoms with E-state index in [1.165, 1.54) is 188 Å². The van der Waals surface area contributed by atoms with Crippen LogP contribution in [-0.2, 0) is 47.5 Å². The molecule has 6 N–H and O–H groups in total. The molecule has 686 valence electrons. The van der Waals surface area contributed by atoms with Crippen molar-refractivity contribution >= 4 is 23.6 Å². The SMILES string of the molecule is C=CC(=O)CC.CC(=O)NC1CCN(C)CC1.CC(=O)NN1CCN(C)CC1.CCCN1CCN(C)CC1.CCCN1CCNCC1.CCN1CCN(CC)CC1.CCN1CCOCC1.CNC(=O)NN1CCN(C)CC1.CNCN(C)C.COCCOC.COCN1CCCC1.COCN1CCCCC1.COCN1CCOCC1. The highest BCUT2D eigenvalue weighted by Gasteiger charge is 2.20. The van der Waals surface area contributed by atoms with E-state index in [-0.39, 0.29) is 23.6 Å². The largest absolute Gasteiger partial charge is 0.382 e. The molecular weight excluding hydrogens is 1470 g/mol. The van der Waals surface area contributed by atoms with Crippen molar-refractivity contribution in [2.24, 2.45) is 0 Å². The zero-order valence-corrected chi connectivity index (χ0v) is 78.0. The summed E-state index contributed by atoms with van der Waals surface area (Å²) in [6, 6.07) is 0.281. The smallest absolute Gasteiger partial charge is 0.329 e. The van der Waals surface area contributed by atoms with Crippen LogP contribution in [0.1, 0.15) is 120 Å². The Morgan fingerprint density at radius 1 is 0.435 bits per heavy atom. The molecule has 10 aliphatic rings. The van der Waals surface area contributed by atoms with Crippen LogP contribution in [0.25, 0.3) is 0 Å². The molecule has 10 aliphatic heterocycles. The van der Waals surface area contributed by atoms with E-state index in [1.54, 1.807) is 56.4 Å². The fourth-order valence-electron chi connectivity index (χ4n) is 12.6. The summed E-state index contributed by atoms with van der Waals surface area (Å²) in [5.41, 5.74) is 5.52. The van der Waals surface area contributed by atoms with Crippen LogP contribution in [0.2, 0.25) is 0 Å². The van der Waals surface area contributed by atoms with Crippen molar-refractivity contribution in [3.05, 3.63) is 12.7 Å². The standard InChI is InChI=1S/C8H16N2O.2C8H18N2.C7H16N4O.C7H15N3O.C7H16N2.C7H15NO.C6H13NO2.2C6H13NO.C5H8O.C4H12N2.C4H10O2/c1-7(11)9-8-3-5-10(2)6-4-8;1-3-4-10-7-5-9(2)6-8-10;1-3-9-5-7-10(4-2)8-6-9;1-8-7(12)9-11-5-3-10(2)4-6-11;1-7(11)8-10-5-3-9(2)4-6-10;1-2-5-9-6-3-8-4-7-9;1-9-7-8-5-3-2-4-6-8;1-8-6-7-2-4-9-5-3-7;1-8-6-7-4-2-3-5-7;1-2-7-3-5-8-6-4-7;1-3-5(6)4-2;1-5-4-6(2)3;1-5-3-4-6-2/h8H,3-6H2,1-2H3,(H,9,11);2*3-8H2,1-2H3;3-6H2,1-2H3,(H2,8,9,12);3-6H2,1-2H3,(H,8,11);8H,2-7H2,1H3;2-7H2,1H3;2-6H2,1H3;2*2-6H2,1H3;3H,1,4H2,2H3;5H,4H2,1-3H3;3-4H2,1-2H3. The number of carbonyl (C=O) groups excluding carboxylic acids is 4. The summed E-state index contributed by atoms with van der Waals surface area (Å²) in [6.45, 7) is 67.8. The Labute approximate surface area is 704 Å². The van der Waals surface area contributed by atoms with Gasteiger partial charge in [-0.25, -0.2) is 14.8 Å². The van der Waals surface area contributed by atoms with Crippen molar-refractivity contribution in [3.8, 4) is 0 Å². The fourth-order valence-corrected chi connectivity index (χ4v) is 12.6. The Morgan fingerprint density at radius 3 is 1.09 bits per heavy atom. The van der Waals surface area contributed by atoms with Crippen LogP contribution >= 0.6 is 0 Å². The summed E-state index contributed by atoms with van der Waals surface area (Å²) in [5, 5.41) is 15.7. The highest BCUT2D eigenvalue weighted by Crippen LogP contribution is 2.10. The minimum Gasteiger partial charge on any atom is -0.382 e. The quantitative estimate of drug-likeness (QED) is 0.0487. The molecule has 0 saturated carbocycles. The van der Waals surface area contributed by atoms with Gasteiger partial charge in [0.15, 0.2) is 5.78 Å². The van der Waals surface area contributed by atoms with Crippen molar-refractivity contribution in [1.82, 2.24) is 106 Å². The molecule has 115 heavy (non-hydrogen) atoms. The fraction of sp³-hybridized carbons (Fsp3) is 0.928. The van der Waals surface area contributed by atoms with Crippen LogP contribution in [0.3, 0.4) is 0 Å². The van der Waals surface area contributed by atoms with Gasteiger partial charge < -0.3 is 93.6 Å². The van der Waals surface area contributed by atoms with Crippen molar-refractivity contribution in [1.29, 1.82) is 0 Å².